The summed E-state index contributed by atoms with van der Waals surface area (Å²) >= 11 is 0. The van der Waals surface area contributed by atoms with Gasteiger partial charge < -0.3 is 21.2 Å². The Balaban J connectivity index is 1.99. The monoisotopic (exact) mass is 457 g/mol. The van der Waals surface area contributed by atoms with E-state index >= 15 is 0 Å². The second-order valence-corrected chi connectivity index (χ2v) is 7.39. The van der Waals surface area contributed by atoms with Crippen molar-refractivity contribution in [2.75, 3.05) is 5.73 Å². The zero-order chi connectivity index (χ0) is 23.7. The molecule has 4 N–H and O–H groups in total. The Kier molecular flexibility index (Phi) is 5.99. The normalized spacial score (nSPS) is 17.0. The number of fused-ring (bicyclic) bond motifs is 5. The highest BCUT2D eigenvalue weighted by atomic mass is 19.3. The van der Waals surface area contributed by atoms with Gasteiger partial charge in [-0.2, -0.15) is 0 Å². The molecule has 0 unspecified atom stereocenters. The second kappa shape index (κ2) is 8.89. The third kappa shape index (κ3) is 4.36. The van der Waals surface area contributed by atoms with Crippen molar-refractivity contribution in [2.24, 2.45) is 0 Å². The summed E-state index contributed by atoms with van der Waals surface area (Å²) in [4.78, 5) is 8.22. The largest absolute Gasteiger partial charge is 0.482 e. The first-order valence-corrected chi connectivity index (χ1v) is 9.92. The summed E-state index contributed by atoms with van der Waals surface area (Å²) < 4.78 is 61.6. The number of allylic oxidation sites excluding steroid dienone is 1. The summed E-state index contributed by atoms with van der Waals surface area (Å²) in [6, 6.07) is 6.66. The van der Waals surface area contributed by atoms with Gasteiger partial charge in [0.05, 0.1) is 23.2 Å². The molecule has 2 aromatic heterocycles. The molecule has 3 aromatic rings. The fourth-order valence-corrected chi connectivity index (χ4v) is 3.68. The lowest BCUT2D eigenvalue weighted by Crippen LogP contribution is -2.19. The van der Waals surface area contributed by atoms with Gasteiger partial charge >= 0.3 is 0 Å². The van der Waals surface area contributed by atoms with Crippen molar-refractivity contribution >= 4 is 17.7 Å². The number of pyridine rings is 2. The van der Waals surface area contributed by atoms with E-state index in [0.717, 1.165) is 6.20 Å². The van der Waals surface area contributed by atoms with Crippen LogP contribution in [0.3, 0.4) is 0 Å². The van der Waals surface area contributed by atoms with Crippen LogP contribution in [0.2, 0.25) is 0 Å². The van der Waals surface area contributed by atoms with E-state index in [1.165, 1.54) is 36.5 Å². The molecule has 2 bridgehead atoms. The Hall–Kier alpha value is -3.95. The van der Waals surface area contributed by atoms with Crippen LogP contribution in [0.4, 0.5) is 23.4 Å². The van der Waals surface area contributed by atoms with Crippen LogP contribution in [0, 0.1) is 17.0 Å². The Morgan fingerprint density at radius 3 is 2.70 bits per heavy atom. The van der Waals surface area contributed by atoms with E-state index in [4.69, 9.17) is 15.9 Å². The highest BCUT2D eigenvalue weighted by molar-refractivity contribution is 5.90. The summed E-state index contributed by atoms with van der Waals surface area (Å²) in [6.07, 6.45) is -0.876. The van der Waals surface area contributed by atoms with E-state index in [9.17, 15) is 17.6 Å². The first-order valence-electron chi connectivity index (χ1n) is 9.92. The smallest absolute Gasteiger partial charge is 0.267 e. The van der Waals surface area contributed by atoms with Crippen molar-refractivity contribution in [3.63, 3.8) is 0 Å². The molecule has 0 saturated heterocycles. The van der Waals surface area contributed by atoms with Crippen molar-refractivity contribution < 1.29 is 22.3 Å². The third-order valence-electron chi connectivity index (χ3n) is 5.25. The highest BCUT2D eigenvalue weighted by Crippen LogP contribution is 2.36. The number of nitrogens with zero attached hydrogens (tertiary/aromatic N) is 2. The highest BCUT2D eigenvalue weighted by Gasteiger charge is 2.23. The summed E-state index contributed by atoms with van der Waals surface area (Å²) in [5.41, 5.74) is 7.05. The number of nitrogen functional groups attached to an aromatic ring is 1. The van der Waals surface area contributed by atoms with Gasteiger partial charge in [0.1, 0.15) is 17.7 Å². The van der Waals surface area contributed by atoms with Crippen LogP contribution in [-0.2, 0) is 6.54 Å². The molecule has 170 valence electrons. The Bertz CT molecular complexity index is 1260. The van der Waals surface area contributed by atoms with Gasteiger partial charge in [-0.05, 0) is 37.3 Å². The molecule has 0 spiro atoms. The standard InChI is InChI=1S/C23H19F4N5O/c1-11-17-6-14(24)2-3-16(17)20-12(4-15(25)10-31-20)8-30-21(18(7-28)22(26)27)13-5-19(33-11)23(29)32-9-13/h2-7,9-11,22,28,30H,8H2,1H3,(H2,29,32)/b21-18+,28-7?/t11-/m1/s1. The maximum Gasteiger partial charge on any atom is 0.267 e. The average Bonchev–Trinajstić information content (AvgIpc) is 2.77. The lowest BCUT2D eigenvalue weighted by Gasteiger charge is -2.23. The van der Waals surface area contributed by atoms with Crippen LogP contribution in [-0.4, -0.2) is 22.6 Å². The molecule has 0 fully saturated rings. The summed E-state index contributed by atoms with van der Waals surface area (Å²) in [5.74, 6) is -1.02. The van der Waals surface area contributed by atoms with Crippen molar-refractivity contribution in [2.45, 2.75) is 26.0 Å². The molecule has 1 atom stereocenters. The van der Waals surface area contributed by atoms with E-state index in [-0.39, 0.29) is 29.4 Å². The van der Waals surface area contributed by atoms with Gasteiger partial charge in [0.2, 0.25) is 0 Å². The number of alkyl halides is 2. The summed E-state index contributed by atoms with van der Waals surface area (Å²) in [6.45, 7) is 1.56. The second-order valence-electron chi connectivity index (χ2n) is 7.39. The number of nitrogens with one attached hydrogen (secondary N) is 2. The van der Waals surface area contributed by atoms with E-state index in [2.05, 4.69) is 15.3 Å². The fraction of sp³-hybridized carbons (Fsp3) is 0.174. The van der Waals surface area contributed by atoms with Crippen LogP contribution in [0.25, 0.3) is 17.0 Å². The molecule has 1 aliphatic heterocycles. The molecule has 3 heterocycles. The minimum Gasteiger partial charge on any atom is -0.482 e. The molecule has 4 rings (SSSR count). The minimum atomic E-state index is -2.97. The molecule has 10 heteroatoms. The predicted octanol–water partition coefficient (Wildman–Crippen LogP) is 4.87. The zero-order valence-corrected chi connectivity index (χ0v) is 17.4. The molecule has 0 radical (unpaired) electrons. The average molecular weight is 457 g/mol. The molecular formula is C23H19F4N5O. The van der Waals surface area contributed by atoms with Crippen molar-refractivity contribution in [3.8, 4) is 17.0 Å². The molecule has 1 aromatic carbocycles. The lowest BCUT2D eigenvalue weighted by molar-refractivity contribution is 0.197. The molecule has 1 aliphatic rings. The zero-order valence-electron chi connectivity index (χ0n) is 17.4. The van der Waals surface area contributed by atoms with Crippen LogP contribution >= 0.6 is 0 Å². The van der Waals surface area contributed by atoms with Crippen molar-refractivity contribution in [3.05, 3.63) is 76.6 Å². The molecule has 0 amide bonds. The van der Waals surface area contributed by atoms with Gasteiger partial charge in [-0.15, -0.1) is 0 Å². The maximum atomic E-state index is 14.1. The van der Waals surface area contributed by atoms with Gasteiger partial charge in [0.15, 0.2) is 11.6 Å². The number of hydrogen-bond acceptors (Lipinski definition) is 6. The number of ether oxygens (including phenoxy) is 1. The quantitative estimate of drug-likeness (QED) is 0.377. The number of anilines is 1. The number of benzene rings is 1. The molecule has 0 aliphatic carbocycles. The molecular weight excluding hydrogens is 438 g/mol. The van der Waals surface area contributed by atoms with Gasteiger partial charge in [-0.25, -0.2) is 22.5 Å². The van der Waals surface area contributed by atoms with E-state index < -0.39 is 29.7 Å². The van der Waals surface area contributed by atoms with Gasteiger partial charge in [0, 0.05) is 41.2 Å². The first kappa shape index (κ1) is 22.3. The van der Waals surface area contributed by atoms with E-state index in [1.807, 2.05) is 0 Å². The van der Waals surface area contributed by atoms with Crippen LogP contribution in [0.5, 0.6) is 5.75 Å². The predicted molar refractivity (Wildman–Crippen MR) is 116 cm³/mol. The molecule has 6 nitrogen and oxygen atoms in total. The van der Waals surface area contributed by atoms with Crippen LogP contribution in [0.1, 0.15) is 29.7 Å². The lowest BCUT2D eigenvalue weighted by atomic mass is 9.96. The maximum absolute atomic E-state index is 14.1. The Morgan fingerprint density at radius 1 is 1.18 bits per heavy atom. The van der Waals surface area contributed by atoms with Gasteiger partial charge in [-0.1, -0.05) is 0 Å². The minimum absolute atomic E-state index is 0.00834. The van der Waals surface area contributed by atoms with E-state index in [1.54, 1.807) is 6.92 Å². The SMILES string of the molecule is C[C@H]1Oc2cc(cnc2N)/C(=C(/C=N)C(F)F)NCc2cc(F)cnc2-c2ccc(F)cc21. The van der Waals surface area contributed by atoms with E-state index in [0.29, 0.717) is 28.6 Å². The van der Waals surface area contributed by atoms with Crippen LogP contribution < -0.4 is 15.8 Å². The number of hydrogen-bond donors (Lipinski definition) is 3. The topological polar surface area (TPSA) is 96.9 Å². The number of nitrogens with two attached hydrogens (primary N) is 1. The summed E-state index contributed by atoms with van der Waals surface area (Å²) in [5, 5.41) is 10.3. The summed E-state index contributed by atoms with van der Waals surface area (Å²) in [7, 11) is 0. The van der Waals surface area contributed by atoms with Gasteiger partial charge in [0.25, 0.3) is 6.43 Å². The molecule has 0 saturated carbocycles. The first-order chi connectivity index (χ1) is 15.8. The van der Waals surface area contributed by atoms with Gasteiger partial charge in [-0.3, -0.25) is 4.98 Å². The fourth-order valence-electron chi connectivity index (χ4n) is 3.68. The van der Waals surface area contributed by atoms with Crippen LogP contribution in [0.15, 0.2) is 48.3 Å². The van der Waals surface area contributed by atoms with Crippen molar-refractivity contribution in [1.29, 1.82) is 5.41 Å². The number of halogens is 4. The van der Waals surface area contributed by atoms with Crippen molar-refractivity contribution in [1.82, 2.24) is 15.3 Å². The Labute approximate surface area is 186 Å². The molecule has 33 heavy (non-hydrogen) atoms. The third-order valence-corrected chi connectivity index (χ3v) is 5.25. The Morgan fingerprint density at radius 2 is 1.97 bits per heavy atom. The number of aromatic nitrogens is 2. The number of rotatable bonds is 2.